The number of halogens is 1. The van der Waals surface area contributed by atoms with E-state index in [1.165, 1.54) is 17.0 Å². The Balaban J connectivity index is 1.41. The Morgan fingerprint density at radius 1 is 1.31 bits per heavy atom. The maximum absolute atomic E-state index is 13.9. The van der Waals surface area contributed by atoms with Crippen molar-refractivity contribution in [1.29, 1.82) is 0 Å². The highest BCUT2D eigenvalue weighted by atomic mass is 19.1. The van der Waals surface area contributed by atoms with Gasteiger partial charge >= 0.3 is 0 Å². The number of aromatic amines is 1. The van der Waals surface area contributed by atoms with Crippen LogP contribution in [-0.4, -0.2) is 33.3 Å². The van der Waals surface area contributed by atoms with Gasteiger partial charge in [-0.1, -0.05) is 12.1 Å². The van der Waals surface area contributed by atoms with E-state index in [0.717, 1.165) is 5.52 Å². The minimum atomic E-state index is -0.524. The first-order chi connectivity index (χ1) is 12.6. The van der Waals surface area contributed by atoms with Crippen LogP contribution in [0.15, 0.2) is 42.6 Å². The largest absolute Gasteiger partial charge is 0.349 e. The highest BCUT2D eigenvalue weighted by Gasteiger charge is 2.36. The molecule has 2 N–H and O–H groups in total. The molecule has 1 aromatic carbocycles. The van der Waals surface area contributed by atoms with Gasteiger partial charge in [0.1, 0.15) is 11.6 Å². The summed E-state index contributed by atoms with van der Waals surface area (Å²) in [5.41, 5.74) is 1.58. The van der Waals surface area contributed by atoms with Gasteiger partial charge < -0.3 is 15.2 Å². The fourth-order valence-corrected chi connectivity index (χ4v) is 3.08. The van der Waals surface area contributed by atoms with Gasteiger partial charge in [-0.3, -0.25) is 9.59 Å². The minimum Gasteiger partial charge on any atom is -0.349 e. The third kappa shape index (κ3) is 3.01. The van der Waals surface area contributed by atoms with Crippen LogP contribution >= 0.6 is 0 Å². The minimum absolute atomic E-state index is 0.0574. The average molecular weight is 353 g/mol. The van der Waals surface area contributed by atoms with Crippen molar-refractivity contribution in [3.8, 4) is 0 Å². The molecule has 0 radical (unpaired) electrons. The molecule has 1 aliphatic rings. The molecule has 2 aromatic heterocycles. The summed E-state index contributed by atoms with van der Waals surface area (Å²) in [4.78, 5) is 37.4. The van der Waals surface area contributed by atoms with E-state index in [2.05, 4.69) is 20.3 Å². The third-order valence-electron chi connectivity index (χ3n) is 4.38. The molecule has 0 aliphatic carbocycles. The molecular formula is C18H16FN5O2. The van der Waals surface area contributed by atoms with Crippen molar-refractivity contribution >= 4 is 28.7 Å². The van der Waals surface area contributed by atoms with Crippen molar-refractivity contribution in [2.75, 3.05) is 11.4 Å². The average Bonchev–Trinajstić information content (AvgIpc) is 3.23. The topological polar surface area (TPSA) is 91.0 Å². The van der Waals surface area contributed by atoms with Crippen LogP contribution in [0.4, 0.5) is 10.1 Å². The maximum Gasteiger partial charge on any atom is 0.227 e. The number of para-hydroxylation sites is 1. The number of benzene rings is 1. The van der Waals surface area contributed by atoms with E-state index in [1.807, 2.05) is 6.07 Å². The van der Waals surface area contributed by atoms with Crippen LogP contribution in [0.2, 0.25) is 0 Å². The first kappa shape index (κ1) is 16.2. The van der Waals surface area contributed by atoms with Gasteiger partial charge in [-0.25, -0.2) is 14.4 Å². The van der Waals surface area contributed by atoms with Gasteiger partial charge in [-0.05, 0) is 24.3 Å². The Morgan fingerprint density at radius 2 is 2.15 bits per heavy atom. The van der Waals surface area contributed by atoms with Crippen LogP contribution < -0.4 is 10.2 Å². The lowest BCUT2D eigenvalue weighted by Crippen LogP contribution is -2.33. The van der Waals surface area contributed by atoms with Crippen LogP contribution in [0, 0.1) is 11.7 Å². The molecule has 1 fully saturated rings. The van der Waals surface area contributed by atoms with E-state index in [0.29, 0.717) is 11.5 Å². The van der Waals surface area contributed by atoms with Crippen LogP contribution in [-0.2, 0) is 16.1 Å². The van der Waals surface area contributed by atoms with Crippen LogP contribution in [0.5, 0.6) is 0 Å². The number of nitrogens with one attached hydrogen (secondary N) is 2. The number of nitrogens with zero attached hydrogens (tertiary/aromatic N) is 3. The summed E-state index contributed by atoms with van der Waals surface area (Å²) >= 11 is 0. The summed E-state index contributed by atoms with van der Waals surface area (Å²) in [5.74, 6) is -0.933. The van der Waals surface area contributed by atoms with Gasteiger partial charge in [-0.2, -0.15) is 0 Å². The van der Waals surface area contributed by atoms with Crippen LogP contribution in [0.25, 0.3) is 11.2 Å². The van der Waals surface area contributed by atoms with Gasteiger partial charge in [0.15, 0.2) is 5.65 Å². The number of H-pyrrole nitrogens is 1. The second-order valence-corrected chi connectivity index (χ2v) is 6.13. The molecule has 4 rings (SSSR count). The molecule has 8 heteroatoms. The molecule has 0 saturated carbocycles. The fraction of sp³-hybridized carbons (Fsp3) is 0.222. The summed E-state index contributed by atoms with van der Waals surface area (Å²) in [6.45, 7) is 0.368. The molecule has 1 aliphatic heterocycles. The number of imidazole rings is 1. The van der Waals surface area contributed by atoms with Crippen molar-refractivity contribution in [2.45, 2.75) is 13.0 Å². The number of aromatic nitrogens is 3. The fourth-order valence-electron chi connectivity index (χ4n) is 3.08. The molecule has 1 atom stereocenters. The number of carbonyl (C=O) groups excluding carboxylic acids is 2. The molecule has 3 heterocycles. The maximum atomic E-state index is 13.9. The molecule has 7 nitrogen and oxygen atoms in total. The normalized spacial score (nSPS) is 17.0. The molecule has 0 spiro atoms. The highest BCUT2D eigenvalue weighted by molar-refractivity contribution is 6.00. The predicted octanol–water partition coefficient (Wildman–Crippen LogP) is 1.77. The van der Waals surface area contributed by atoms with E-state index in [1.54, 1.807) is 24.4 Å². The quantitative estimate of drug-likeness (QED) is 0.748. The number of hydrogen-bond acceptors (Lipinski definition) is 4. The van der Waals surface area contributed by atoms with Gasteiger partial charge in [-0.15, -0.1) is 0 Å². The standard InChI is InChI=1S/C18H16FN5O2/c19-12-4-1-2-6-14(12)24-10-11(8-16(24)25)18(26)21-9-15-22-13-5-3-7-20-17(13)23-15/h1-7,11H,8-10H2,(H,21,26)(H,20,22,23). The van der Waals surface area contributed by atoms with Gasteiger partial charge in [0.05, 0.1) is 23.7 Å². The summed E-state index contributed by atoms with van der Waals surface area (Å²) in [6.07, 6.45) is 1.70. The van der Waals surface area contributed by atoms with E-state index in [9.17, 15) is 14.0 Å². The zero-order valence-electron chi connectivity index (χ0n) is 13.8. The lowest BCUT2D eigenvalue weighted by Gasteiger charge is -2.17. The van der Waals surface area contributed by atoms with Crippen molar-refractivity contribution in [3.05, 3.63) is 54.2 Å². The second-order valence-electron chi connectivity index (χ2n) is 6.13. The zero-order chi connectivity index (χ0) is 18.1. The van der Waals surface area contributed by atoms with Crippen LogP contribution in [0.3, 0.4) is 0 Å². The molecule has 1 unspecified atom stereocenters. The molecular weight excluding hydrogens is 337 g/mol. The molecule has 132 valence electrons. The number of amides is 2. The van der Waals surface area contributed by atoms with E-state index >= 15 is 0 Å². The molecule has 0 bridgehead atoms. The first-order valence-electron chi connectivity index (χ1n) is 8.24. The summed E-state index contributed by atoms with van der Waals surface area (Å²) in [7, 11) is 0. The monoisotopic (exact) mass is 353 g/mol. The van der Waals surface area contributed by atoms with Gasteiger partial charge in [0.25, 0.3) is 0 Å². The van der Waals surface area contributed by atoms with E-state index in [-0.39, 0.29) is 37.0 Å². The number of rotatable bonds is 4. The Labute approximate surface area is 148 Å². The van der Waals surface area contributed by atoms with Gasteiger partial charge in [0, 0.05) is 19.2 Å². The van der Waals surface area contributed by atoms with Crippen molar-refractivity contribution < 1.29 is 14.0 Å². The summed E-state index contributed by atoms with van der Waals surface area (Å²) in [5, 5.41) is 2.78. The number of carbonyl (C=O) groups is 2. The highest BCUT2D eigenvalue weighted by Crippen LogP contribution is 2.27. The Bertz CT molecular complexity index is 953. The van der Waals surface area contributed by atoms with E-state index in [4.69, 9.17) is 0 Å². The van der Waals surface area contributed by atoms with Crippen molar-refractivity contribution in [3.63, 3.8) is 0 Å². The number of pyridine rings is 1. The van der Waals surface area contributed by atoms with Crippen molar-refractivity contribution in [2.24, 2.45) is 5.92 Å². The number of anilines is 1. The molecule has 2 amide bonds. The lowest BCUT2D eigenvalue weighted by atomic mass is 10.1. The van der Waals surface area contributed by atoms with Crippen LogP contribution in [0.1, 0.15) is 12.2 Å². The molecule has 26 heavy (non-hydrogen) atoms. The third-order valence-corrected chi connectivity index (χ3v) is 4.38. The predicted molar refractivity (Wildman–Crippen MR) is 92.6 cm³/mol. The SMILES string of the molecule is O=C(NCc1nc2ncccc2[nH]1)C1CC(=O)N(c2ccccc2F)C1. The molecule has 3 aromatic rings. The van der Waals surface area contributed by atoms with E-state index < -0.39 is 11.7 Å². The summed E-state index contributed by atoms with van der Waals surface area (Å²) in [6, 6.07) is 9.70. The second kappa shape index (κ2) is 6.55. The Kier molecular flexibility index (Phi) is 4.08. The Hall–Kier alpha value is -3.29. The number of fused-ring (bicyclic) bond motifs is 1. The van der Waals surface area contributed by atoms with Gasteiger partial charge in [0.2, 0.25) is 11.8 Å². The first-order valence-corrected chi connectivity index (χ1v) is 8.24. The molecule has 1 saturated heterocycles. The van der Waals surface area contributed by atoms with Crippen molar-refractivity contribution in [1.82, 2.24) is 20.3 Å². The Morgan fingerprint density at radius 3 is 2.96 bits per heavy atom. The zero-order valence-corrected chi connectivity index (χ0v) is 13.8. The lowest BCUT2D eigenvalue weighted by molar-refractivity contribution is -0.126. The number of hydrogen-bond donors (Lipinski definition) is 2. The smallest absolute Gasteiger partial charge is 0.227 e. The summed E-state index contributed by atoms with van der Waals surface area (Å²) < 4.78 is 13.9.